The number of H-pyrrole nitrogens is 1. The van der Waals surface area contributed by atoms with Crippen LogP contribution in [-0.4, -0.2) is 31.5 Å². The van der Waals surface area contributed by atoms with E-state index in [1.807, 2.05) is 0 Å². The maximum absolute atomic E-state index is 12.8. The van der Waals surface area contributed by atoms with E-state index in [0.717, 1.165) is 16.7 Å². The maximum Gasteiger partial charge on any atom is 0.469 e. The molecule has 1 aromatic heterocycles. The van der Waals surface area contributed by atoms with Gasteiger partial charge in [0.2, 0.25) is 0 Å². The van der Waals surface area contributed by atoms with E-state index in [2.05, 4.69) is 9.51 Å². The number of hydrogen-bond acceptors (Lipinski definition) is 5. The van der Waals surface area contributed by atoms with Gasteiger partial charge in [0, 0.05) is 17.7 Å². The van der Waals surface area contributed by atoms with Crippen molar-refractivity contribution in [3.63, 3.8) is 0 Å². The highest BCUT2D eigenvalue weighted by molar-refractivity contribution is 7.46. The molecule has 1 fully saturated rings. The Morgan fingerprint density at radius 2 is 2.21 bits per heavy atom. The van der Waals surface area contributed by atoms with Gasteiger partial charge in [-0.2, -0.15) is 0 Å². The molecule has 134 valence electrons. The van der Waals surface area contributed by atoms with Crippen molar-refractivity contribution in [1.29, 1.82) is 0 Å². The third-order valence-corrected chi connectivity index (χ3v) is 4.18. The zero-order valence-electron chi connectivity index (χ0n) is 13.0. The van der Waals surface area contributed by atoms with Crippen LogP contribution in [0.25, 0.3) is 0 Å². The molecule has 0 aliphatic carbocycles. The van der Waals surface area contributed by atoms with E-state index in [4.69, 9.17) is 14.5 Å². The number of hydrogen-bond donors (Lipinski definition) is 3. The molecular formula is C13H18FN2O7P. The largest absolute Gasteiger partial charge is 0.469 e. The van der Waals surface area contributed by atoms with Crippen LogP contribution in [0.4, 0.5) is 4.39 Å². The third kappa shape index (κ3) is 4.08. The highest BCUT2D eigenvalue weighted by Gasteiger charge is 2.52. The van der Waals surface area contributed by atoms with Crippen LogP contribution in [0.15, 0.2) is 34.3 Å². The Morgan fingerprint density at radius 1 is 1.54 bits per heavy atom. The Bertz CT molecular complexity index is 796. The number of phosphoric acid groups is 1. The minimum Gasteiger partial charge on any atom is -0.344 e. The monoisotopic (exact) mass is 364 g/mol. The molecule has 2 rings (SSSR count). The van der Waals surface area contributed by atoms with Crippen LogP contribution >= 0.6 is 7.82 Å². The fourth-order valence-electron chi connectivity index (χ4n) is 2.87. The van der Waals surface area contributed by atoms with Gasteiger partial charge in [0.15, 0.2) is 0 Å². The van der Waals surface area contributed by atoms with E-state index in [1.54, 1.807) is 13.8 Å². The zero-order valence-corrected chi connectivity index (χ0v) is 13.9. The molecule has 2 heterocycles. The lowest BCUT2D eigenvalue weighted by molar-refractivity contribution is -0.0852. The Hall–Kier alpha value is -1.58. The molecule has 2 atom stereocenters. The second-order valence-corrected chi connectivity index (χ2v) is 7.51. The summed E-state index contributed by atoms with van der Waals surface area (Å²) in [6.45, 7) is 2.87. The SMILES string of the molecule is CC1(C)C[C@@](/C=C/F)(COP(=O)(O)O)O[C@H]1n1ccc(=O)[nH]c1=O. The summed E-state index contributed by atoms with van der Waals surface area (Å²) in [5, 5.41) is 0. The van der Waals surface area contributed by atoms with Crippen LogP contribution in [0.1, 0.15) is 26.5 Å². The summed E-state index contributed by atoms with van der Waals surface area (Å²) < 4.78 is 35.1. The van der Waals surface area contributed by atoms with Crippen LogP contribution in [-0.2, 0) is 13.8 Å². The number of rotatable bonds is 5. The number of ether oxygens (including phenoxy) is 1. The minimum atomic E-state index is -4.79. The van der Waals surface area contributed by atoms with Gasteiger partial charge in [0.1, 0.15) is 11.8 Å². The van der Waals surface area contributed by atoms with Crippen molar-refractivity contribution < 1.29 is 28.0 Å². The second-order valence-electron chi connectivity index (χ2n) is 6.27. The quantitative estimate of drug-likeness (QED) is 0.659. The molecule has 0 aromatic carbocycles. The fraction of sp³-hybridized carbons (Fsp3) is 0.538. The highest BCUT2D eigenvalue weighted by Crippen LogP contribution is 2.51. The van der Waals surface area contributed by atoms with E-state index < -0.39 is 42.9 Å². The molecule has 0 spiro atoms. The van der Waals surface area contributed by atoms with Gasteiger partial charge < -0.3 is 14.5 Å². The van der Waals surface area contributed by atoms with Crippen molar-refractivity contribution in [2.24, 2.45) is 5.41 Å². The molecule has 0 bridgehead atoms. The van der Waals surface area contributed by atoms with Gasteiger partial charge in [-0.05, 0) is 12.5 Å². The fourth-order valence-corrected chi connectivity index (χ4v) is 3.25. The van der Waals surface area contributed by atoms with Crippen LogP contribution < -0.4 is 11.2 Å². The summed E-state index contributed by atoms with van der Waals surface area (Å²) in [6.07, 6.45) is 1.64. The van der Waals surface area contributed by atoms with Crippen molar-refractivity contribution in [2.75, 3.05) is 6.61 Å². The number of aromatic amines is 1. The molecule has 0 saturated carbocycles. The summed E-state index contributed by atoms with van der Waals surface area (Å²) in [4.78, 5) is 43.0. The Morgan fingerprint density at radius 3 is 2.75 bits per heavy atom. The van der Waals surface area contributed by atoms with E-state index in [9.17, 15) is 18.5 Å². The van der Waals surface area contributed by atoms with Crippen molar-refractivity contribution in [3.8, 4) is 0 Å². The van der Waals surface area contributed by atoms with E-state index in [-0.39, 0.29) is 12.8 Å². The predicted octanol–water partition coefficient (Wildman–Crippen LogP) is 0.813. The molecule has 24 heavy (non-hydrogen) atoms. The summed E-state index contributed by atoms with van der Waals surface area (Å²) in [5.41, 5.74) is -3.48. The summed E-state index contributed by atoms with van der Waals surface area (Å²) in [5.74, 6) is 0. The molecule has 1 aliphatic heterocycles. The topological polar surface area (TPSA) is 131 Å². The lowest BCUT2D eigenvalue weighted by atomic mass is 9.82. The van der Waals surface area contributed by atoms with Crippen molar-refractivity contribution in [3.05, 3.63) is 45.5 Å². The first-order chi connectivity index (χ1) is 11.0. The molecule has 1 aromatic rings. The highest BCUT2D eigenvalue weighted by atomic mass is 31.2. The molecule has 11 heteroatoms. The molecule has 3 N–H and O–H groups in total. The first kappa shape index (κ1) is 18.8. The van der Waals surface area contributed by atoms with Gasteiger partial charge in [-0.25, -0.2) is 13.8 Å². The van der Waals surface area contributed by atoms with Gasteiger partial charge in [0.25, 0.3) is 5.56 Å². The van der Waals surface area contributed by atoms with Gasteiger partial charge >= 0.3 is 13.5 Å². The molecule has 9 nitrogen and oxygen atoms in total. The molecule has 0 radical (unpaired) electrons. The lowest BCUT2D eigenvalue weighted by Gasteiger charge is -2.26. The first-order valence-corrected chi connectivity index (χ1v) is 8.48. The molecule has 1 saturated heterocycles. The first-order valence-electron chi connectivity index (χ1n) is 6.95. The number of halogens is 1. The third-order valence-electron chi connectivity index (χ3n) is 3.72. The number of nitrogens with zero attached hydrogens (tertiary/aromatic N) is 1. The van der Waals surface area contributed by atoms with Crippen molar-refractivity contribution in [2.45, 2.75) is 32.1 Å². The van der Waals surface area contributed by atoms with Gasteiger partial charge in [-0.15, -0.1) is 0 Å². The standard InChI is InChI=1S/C13H18FN2O7P/c1-12(2)7-13(4-5-14,8-22-24(19,20)21)23-10(12)16-6-3-9(17)15-11(16)18/h3-6,10H,7-8H2,1-2H3,(H,15,17,18)(H2,19,20,21)/b5-4+/t10-,13+/m1/s1. The predicted molar refractivity (Wildman–Crippen MR) is 80.8 cm³/mol. The average molecular weight is 364 g/mol. The van der Waals surface area contributed by atoms with Crippen LogP contribution in [0.5, 0.6) is 0 Å². The molecular weight excluding hydrogens is 346 g/mol. The number of aromatic nitrogens is 2. The molecule has 1 aliphatic rings. The zero-order chi connectivity index (χ0) is 18.2. The van der Waals surface area contributed by atoms with E-state index in [0.29, 0.717) is 0 Å². The number of phosphoric ester groups is 1. The van der Waals surface area contributed by atoms with Crippen molar-refractivity contribution >= 4 is 7.82 Å². The summed E-state index contributed by atoms with van der Waals surface area (Å²) >= 11 is 0. The van der Waals surface area contributed by atoms with Crippen LogP contribution in [0.2, 0.25) is 0 Å². The van der Waals surface area contributed by atoms with Gasteiger partial charge in [-0.3, -0.25) is 18.9 Å². The van der Waals surface area contributed by atoms with Crippen molar-refractivity contribution in [1.82, 2.24) is 9.55 Å². The molecule has 0 unspecified atom stereocenters. The Labute approximate surface area is 136 Å². The average Bonchev–Trinajstić information content (AvgIpc) is 2.68. The summed E-state index contributed by atoms with van der Waals surface area (Å²) in [6, 6.07) is 1.14. The van der Waals surface area contributed by atoms with E-state index >= 15 is 0 Å². The second kappa shape index (κ2) is 6.38. The Balaban J connectivity index is 2.40. The maximum atomic E-state index is 12.8. The molecule has 0 amide bonds. The van der Waals surface area contributed by atoms with Gasteiger partial charge in [0.05, 0.1) is 12.9 Å². The minimum absolute atomic E-state index is 0.122. The number of nitrogens with one attached hydrogen (secondary N) is 1. The van der Waals surface area contributed by atoms with Crippen LogP contribution in [0, 0.1) is 5.41 Å². The normalized spacial score (nSPS) is 27.0. The van der Waals surface area contributed by atoms with Gasteiger partial charge in [-0.1, -0.05) is 13.8 Å². The smallest absolute Gasteiger partial charge is 0.344 e. The Kier molecular flexibility index (Phi) is 4.98. The van der Waals surface area contributed by atoms with E-state index in [1.165, 1.54) is 6.20 Å². The summed E-state index contributed by atoms with van der Waals surface area (Å²) in [7, 11) is -4.79. The van der Waals surface area contributed by atoms with Crippen LogP contribution in [0.3, 0.4) is 0 Å². The lowest BCUT2D eigenvalue weighted by Crippen LogP contribution is -2.36.